The highest BCUT2D eigenvalue weighted by Gasteiger charge is 2.20. The molecule has 1 fully saturated rings. The zero-order valence-corrected chi connectivity index (χ0v) is 15.3. The Morgan fingerprint density at radius 3 is 2.52 bits per heavy atom. The topological polar surface area (TPSA) is 48.6 Å². The van der Waals surface area contributed by atoms with Gasteiger partial charge in [-0.25, -0.2) is 0 Å². The number of ketones is 1. The second-order valence-electron chi connectivity index (χ2n) is 6.66. The van der Waals surface area contributed by atoms with Crippen molar-refractivity contribution in [3.05, 3.63) is 47.3 Å². The van der Waals surface area contributed by atoms with Crippen molar-refractivity contribution in [2.24, 2.45) is 0 Å². The molecule has 0 bridgehead atoms. The second-order valence-corrected chi connectivity index (χ2v) is 6.66. The maximum Gasteiger partial charge on any atom is 0.165 e. The second kappa shape index (κ2) is 7.74. The molecule has 1 aliphatic heterocycles. The van der Waals surface area contributed by atoms with Gasteiger partial charge in [-0.15, -0.1) is 0 Å². The quantitative estimate of drug-likeness (QED) is 0.821. The van der Waals surface area contributed by atoms with Crippen LogP contribution in [0.15, 0.2) is 30.3 Å². The number of aromatic amines is 1. The van der Waals surface area contributed by atoms with Gasteiger partial charge in [-0.3, -0.25) is 9.69 Å². The molecule has 1 saturated heterocycles. The van der Waals surface area contributed by atoms with Crippen LogP contribution in [-0.2, 0) is 0 Å². The van der Waals surface area contributed by atoms with Crippen LogP contribution in [-0.4, -0.2) is 55.5 Å². The van der Waals surface area contributed by atoms with E-state index in [1.807, 2.05) is 38.1 Å². The van der Waals surface area contributed by atoms with Crippen molar-refractivity contribution in [2.75, 3.05) is 44.7 Å². The normalized spacial score (nSPS) is 15.4. The molecule has 2 aromatic rings. The molecule has 0 radical (unpaired) electrons. The predicted octanol–water partition coefficient (Wildman–Crippen LogP) is 3.04. The van der Waals surface area contributed by atoms with Crippen LogP contribution in [0.1, 0.15) is 28.2 Å². The van der Waals surface area contributed by atoms with E-state index in [2.05, 4.69) is 20.9 Å². The number of hydrogen-bond donors (Lipinski definition) is 1. The lowest BCUT2D eigenvalue weighted by molar-refractivity contribution is 0.0962. The number of anilines is 1. The molecule has 0 aliphatic carbocycles. The monoisotopic (exact) mass is 341 g/mol. The van der Waals surface area contributed by atoms with E-state index in [1.54, 1.807) is 7.11 Å². The zero-order chi connectivity index (χ0) is 17.8. The van der Waals surface area contributed by atoms with E-state index in [0.29, 0.717) is 6.42 Å². The molecule has 0 amide bonds. The summed E-state index contributed by atoms with van der Waals surface area (Å²) in [5.41, 5.74) is 4.01. The minimum absolute atomic E-state index is 0.231. The van der Waals surface area contributed by atoms with Crippen molar-refractivity contribution < 1.29 is 9.53 Å². The van der Waals surface area contributed by atoms with Gasteiger partial charge in [-0.1, -0.05) is 12.1 Å². The lowest BCUT2D eigenvalue weighted by atomic mass is 10.1. The number of nitrogens with one attached hydrogen (secondary N) is 1. The molecular weight excluding hydrogens is 314 g/mol. The van der Waals surface area contributed by atoms with Gasteiger partial charge in [0.25, 0.3) is 0 Å². The first kappa shape index (κ1) is 17.5. The molecule has 3 rings (SSSR count). The molecule has 134 valence electrons. The Kier molecular flexibility index (Phi) is 5.43. The number of H-pyrrole nitrogens is 1. The van der Waals surface area contributed by atoms with Gasteiger partial charge in [0.1, 0.15) is 5.75 Å². The third-order valence-corrected chi connectivity index (χ3v) is 4.90. The van der Waals surface area contributed by atoms with Crippen LogP contribution >= 0.6 is 0 Å². The van der Waals surface area contributed by atoms with E-state index in [1.165, 1.54) is 0 Å². The SMILES string of the molecule is COc1ccccc1N1CCN(CCC(=O)c2cc(C)[nH]c2C)CC1. The average Bonchev–Trinajstić information content (AvgIpc) is 2.98. The summed E-state index contributed by atoms with van der Waals surface area (Å²) in [5.74, 6) is 1.15. The predicted molar refractivity (Wildman–Crippen MR) is 101 cm³/mol. The van der Waals surface area contributed by atoms with Crippen LogP contribution in [0.3, 0.4) is 0 Å². The van der Waals surface area contributed by atoms with Crippen molar-refractivity contribution in [1.82, 2.24) is 9.88 Å². The summed E-state index contributed by atoms with van der Waals surface area (Å²) in [6.07, 6.45) is 0.576. The summed E-state index contributed by atoms with van der Waals surface area (Å²) in [6, 6.07) is 10.1. The Morgan fingerprint density at radius 2 is 1.88 bits per heavy atom. The van der Waals surface area contributed by atoms with E-state index >= 15 is 0 Å². The molecule has 0 unspecified atom stereocenters. The highest BCUT2D eigenvalue weighted by Crippen LogP contribution is 2.28. The number of hydrogen-bond acceptors (Lipinski definition) is 4. The lowest BCUT2D eigenvalue weighted by Gasteiger charge is -2.36. The van der Waals surface area contributed by atoms with Crippen molar-refractivity contribution in [3.63, 3.8) is 0 Å². The fourth-order valence-electron chi connectivity index (χ4n) is 3.51. The molecule has 5 nitrogen and oxygen atoms in total. The first-order valence-corrected chi connectivity index (χ1v) is 8.88. The molecule has 5 heteroatoms. The van der Waals surface area contributed by atoms with Gasteiger partial charge >= 0.3 is 0 Å². The number of rotatable bonds is 6. The third kappa shape index (κ3) is 4.04. The number of aromatic nitrogens is 1. The first-order valence-electron chi connectivity index (χ1n) is 8.88. The van der Waals surface area contributed by atoms with Gasteiger partial charge in [0.2, 0.25) is 0 Å². The Bertz CT molecular complexity index is 730. The summed E-state index contributed by atoms with van der Waals surface area (Å²) < 4.78 is 5.46. The standard InChI is InChI=1S/C20H27N3O2/c1-15-14-17(16(2)21-15)19(24)8-9-22-10-12-23(13-11-22)18-6-4-5-7-20(18)25-3/h4-7,14,21H,8-13H2,1-3H3. The Balaban J connectivity index is 1.51. The average molecular weight is 341 g/mol. The van der Waals surface area contributed by atoms with Gasteiger partial charge in [-0.2, -0.15) is 0 Å². The summed E-state index contributed by atoms with van der Waals surface area (Å²) in [6.45, 7) is 8.62. The highest BCUT2D eigenvalue weighted by atomic mass is 16.5. The molecule has 2 heterocycles. The Hall–Kier alpha value is -2.27. The minimum Gasteiger partial charge on any atom is -0.495 e. The van der Waals surface area contributed by atoms with Crippen molar-refractivity contribution in [3.8, 4) is 5.75 Å². The Labute approximate surface area is 149 Å². The smallest absolute Gasteiger partial charge is 0.165 e. The van der Waals surface area contributed by atoms with Crippen LogP contribution in [0.5, 0.6) is 5.75 Å². The molecular formula is C20H27N3O2. The van der Waals surface area contributed by atoms with Crippen LogP contribution in [0.25, 0.3) is 0 Å². The number of piperazine rings is 1. The van der Waals surface area contributed by atoms with Gasteiger partial charge in [0.05, 0.1) is 12.8 Å². The zero-order valence-electron chi connectivity index (χ0n) is 15.3. The summed E-state index contributed by atoms with van der Waals surface area (Å²) in [5, 5.41) is 0. The van der Waals surface area contributed by atoms with Crippen molar-refractivity contribution in [1.29, 1.82) is 0 Å². The number of carbonyl (C=O) groups excluding carboxylic acids is 1. The molecule has 1 aromatic heterocycles. The van der Waals surface area contributed by atoms with Crippen LogP contribution < -0.4 is 9.64 Å². The molecule has 0 atom stereocenters. The van der Waals surface area contributed by atoms with E-state index in [9.17, 15) is 4.79 Å². The molecule has 1 aliphatic rings. The number of aryl methyl sites for hydroxylation is 2. The molecule has 0 spiro atoms. The van der Waals surface area contributed by atoms with Gasteiger partial charge in [-0.05, 0) is 32.0 Å². The van der Waals surface area contributed by atoms with Crippen LogP contribution in [0.2, 0.25) is 0 Å². The summed E-state index contributed by atoms with van der Waals surface area (Å²) >= 11 is 0. The largest absolute Gasteiger partial charge is 0.495 e. The summed E-state index contributed by atoms with van der Waals surface area (Å²) in [4.78, 5) is 20.4. The number of para-hydroxylation sites is 2. The number of Topliss-reactive ketones (excluding diaryl/α,β-unsaturated/α-hetero) is 1. The third-order valence-electron chi connectivity index (χ3n) is 4.90. The van der Waals surface area contributed by atoms with Gasteiger partial charge in [0.15, 0.2) is 5.78 Å². The van der Waals surface area contributed by atoms with E-state index in [4.69, 9.17) is 4.74 Å². The number of nitrogens with zero attached hydrogens (tertiary/aromatic N) is 2. The fraction of sp³-hybridized carbons (Fsp3) is 0.450. The molecule has 1 N–H and O–H groups in total. The van der Waals surface area contributed by atoms with Gasteiger partial charge in [0, 0.05) is 56.1 Å². The fourth-order valence-corrected chi connectivity index (χ4v) is 3.51. The van der Waals surface area contributed by atoms with E-state index < -0.39 is 0 Å². The number of methoxy groups -OCH3 is 1. The molecule has 1 aromatic carbocycles. The minimum atomic E-state index is 0.231. The van der Waals surface area contributed by atoms with Crippen LogP contribution in [0, 0.1) is 13.8 Å². The van der Waals surface area contributed by atoms with E-state index in [-0.39, 0.29) is 5.78 Å². The van der Waals surface area contributed by atoms with E-state index in [0.717, 1.165) is 61.1 Å². The first-order chi connectivity index (χ1) is 12.1. The summed E-state index contributed by atoms with van der Waals surface area (Å²) in [7, 11) is 1.71. The number of ether oxygens (including phenoxy) is 1. The maximum absolute atomic E-state index is 12.4. The number of benzene rings is 1. The maximum atomic E-state index is 12.4. The van der Waals surface area contributed by atoms with Gasteiger partial charge < -0.3 is 14.6 Å². The molecule has 25 heavy (non-hydrogen) atoms. The Morgan fingerprint density at radius 1 is 1.16 bits per heavy atom. The molecule has 0 saturated carbocycles. The lowest BCUT2D eigenvalue weighted by Crippen LogP contribution is -2.47. The van der Waals surface area contributed by atoms with Crippen molar-refractivity contribution >= 4 is 11.5 Å². The number of carbonyl (C=O) groups is 1. The highest BCUT2D eigenvalue weighted by molar-refractivity contribution is 5.97. The van der Waals surface area contributed by atoms with Crippen molar-refractivity contribution in [2.45, 2.75) is 20.3 Å². The van der Waals surface area contributed by atoms with Crippen LogP contribution in [0.4, 0.5) is 5.69 Å².